The summed E-state index contributed by atoms with van der Waals surface area (Å²) < 4.78 is 21.8. The van der Waals surface area contributed by atoms with Gasteiger partial charge >= 0.3 is 0 Å². The van der Waals surface area contributed by atoms with Gasteiger partial charge < -0.3 is 23.8 Å². The van der Waals surface area contributed by atoms with Gasteiger partial charge in [0.2, 0.25) is 11.7 Å². The molecule has 0 saturated carbocycles. The van der Waals surface area contributed by atoms with Crippen molar-refractivity contribution >= 4 is 11.6 Å². The van der Waals surface area contributed by atoms with E-state index in [2.05, 4.69) is 11.8 Å². The summed E-state index contributed by atoms with van der Waals surface area (Å²) in [6.45, 7) is 1.87. The zero-order valence-corrected chi connectivity index (χ0v) is 16.0. The lowest BCUT2D eigenvalue weighted by Gasteiger charge is -2.27. The Morgan fingerprint density at radius 1 is 0.963 bits per heavy atom. The highest BCUT2D eigenvalue weighted by molar-refractivity contribution is 5.95. The van der Waals surface area contributed by atoms with Crippen molar-refractivity contribution < 1.29 is 23.7 Å². The highest BCUT2D eigenvalue weighted by atomic mass is 16.5. The first-order chi connectivity index (χ1) is 13.0. The van der Waals surface area contributed by atoms with E-state index in [1.165, 1.54) is 28.3 Å². The number of hydrogen-bond acceptors (Lipinski definition) is 5. The highest BCUT2D eigenvalue weighted by Crippen LogP contribution is 2.45. The monoisotopic (exact) mass is 367 g/mol. The summed E-state index contributed by atoms with van der Waals surface area (Å²) >= 11 is 0. The molecule has 1 aliphatic heterocycles. The van der Waals surface area contributed by atoms with Crippen LogP contribution in [-0.2, 0) is 11.3 Å². The molecule has 0 bridgehead atoms. The number of amides is 1. The maximum absolute atomic E-state index is 12.5. The second-order valence-corrected chi connectivity index (χ2v) is 5.92. The average molecular weight is 367 g/mol. The average Bonchev–Trinajstić information content (AvgIpc) is 2.67. The first kappa shape index (κ1) is 18.5. The first-order valence-corrected chi connectivity index (χ1v) is 8.34. The van der Waals surface area contributed by atoms with E-state index in [-0.39, 0.29) is 5.91 Å². The fourth-order valence-electron chi connectivity index (χ4n) is 3.09. The van der Waals surface area contributed by atoms with E-state index >= 15 is 0 Å². The van der Waals surface area contributed by atoms with Gasteiger partial charge in [-0.15, -0.1) is 0 Å². The van der Waals surface area contributed by atoms with Crippen LogP contribution in [0.3, 0.4) is 0 Å². The number of nitrogens with zero attached hydrogens (tertiary/aromatic N) is 1. The second kappa shape index (κ2) is 7.50. The number of anilines is 1. The predicted molar refractivity (Wildman–Crippen MR) is 102 cm³/mol. The van der Waals surface area contributed by atoms with Crippen LogP contribution >= 0.6 is 0 Å². The van der Waals surface area contributed by atoms with Gasteiger partial charge in [-0.3, -0.25) is 4.79 Å². The molecule has 1 amide bonds. The number of rotatable bonds is 4. The fraction of sp³-hybridized carbons (Fsp3) is 0.286. The van der Waals surface area contributed by atoms with E-state index in [0.717, 1.165) is 11.1 Å². The minimum Gasteiger partial charge on any atom is -0.497 e. The maximum atomic E-state index is 12.5. The van der Waals surface area contributed by atoms with Crippen molar-refractivity contribution in [3.05, 3.63) is 41.0 Å². The van der Waals surface area contributed by atoms with Crippen molar-refractivity contribution in [3.63, 3.8) is 0 Å². The Morgan fingerprint density at radius 2 is 1.70 bits per heavy atom. The van der Waals surface area contributed by atoms with Crippen molar-refractivity contribution in [2.24, 2.45) is 0 Å². The summed E-state index contributed by atoms with van der Waals surface area (Å²) in [7, 11) is 6.22. The Morgan fingerprint density at radius 3 is 2.30 bits per heavy atom. The molecular formula is C21H21NO5. The van der Waals surface area contributed by atoms with Crippen molar-refractivity contribution in [1.82, 2.24) is 0 Å². The van der Waals surface area contributed by atoms with Gasteiger partial charge in [-0.05, 0) is 23.8 Å². The molecule has 0 aliphatic carbocycles. The van der Waals surface area contributed by atoms with E-state index in [9.17, 15) is 4.79 Å². The minimum atomic E-state index is -0.122. The molecule has 0 N–H and O–H groups in total. The van der Waals surface area contributed by atoms with Crippen LogP contribution in [0.1, 0.15) is 23.6 Å². The second-order valence-electron chi connectivity index (χ2n) is 5.92. The van der Waals surface area contributed by atoms with E-state index < -0.39 is 0 Å². The van der Waals surface area contributed by atoms with Crippen molar-refractivity contribution in [2.45, 2.75) is 13.5 Å². The Kier molecular flexibility index (Phi) is 5.13. The van der Waals surface area contributed by atoms with Crippen molar-refractivity contribution in [1.29, 1.82) is 0 Å². The lowest BCUT2D eigenvalue weighted by molar-refractivity contribution is -0.116. The summed E-state index contributed by atoms with van der Waals surface area (Å²) in [4.78, 5) is 14.1. The zero-order valence-electron chi connectivity index (χ0n) is 16.0. The van der Waals surface area contributed by atoms with E-state index in [1.54, 1.807) is 18.1 Å². The number of benzene rings is 2. The molecule has 2 aromatic carbocycles. The number of carbonyl (C=O) groups excluding carboxylic acids is 1. The Balaban J connectivity index is 2.33. The molecule has 140 valence electrons. The van der Waals surface area contributed by atoms with Crippen LogP contribution in [0.2, 0.25) is 0 Å². The zero-order chi connectivity index (χ0) is 19.6. The van der Waals surface area contributed by atoms with Crippen LogP contribution < -0.4 is 23.8 Å². The predicted octanol–water partition coefficient (Wildman–Crippen LogP) is 2.99. The van der Waals surface area contributed by atoms with Gasteiger partial charge in [0.15, 0.2) is 11.5 Å². The third-order valence-electron chi connectivity index (χ3n) is 4.44. The third kappa shape index (κ3) is 3.24. The number of ether oxygens (including phenoxy) is 4. The van der Waals surface area contributed by atoms with Gasteiger partial charge in [-0.1, -0.05) is 11.8 Å². The fourth-order valence-corrected chi connectivity index (χ4v) is 3.09. The molecule has 0 fully saturated rings. The van der Waals surface area contributed by atoms with Gasteiger partial charge in [-0.2, -0.15) is 0 Å². The van der Waals surface area contributed by atoms with E-state index in [1.807, 2.05) is 18.2 Å². The minimum absolute atomic E-state index is 0.122. The molecule has 1 aliphatic rings. The molecule has 3 rings (SSSR count). The molecule has 0 saturated heterocycles. The van der Waals surface area contributed by atoms with Crippen LogP contribution in [0.4, 0.5) is 5.69 Å². The Labute approximate surface area is 158 Å². The van der Waals surface area contributed by atoms with Crippen molar-refractivity contribution in [2.75, 3.05) is 33.3 Å². The van der Waals surface area contributed by atoms with Crippen LogP contribution in [0.5, 0.6) is 23.0 Å². The molecule has 0 aromatic heterocycles. The third-order valence-corrected chi connectivity index (χ3v) is 4.44. The Hall–Kier alpha value is -3.33. The van der Waals surface area contributed by atoms with Gasteiger partial charge in [0.05, 0.1) is 46.2 Å². The van der Waals surface area contributed by atoms with Gasteiger partial charge in [0.25, 0.3) is 0 Å². The number of methoxy groups -OCH3 is 4. The van der Waals surface area contributed by atoms with E-state index in [0.29, 0.717) is 40.8 Å². The summed E-state index contributed by atoms with van der Waals surface area (Å²) in [5.41, 5.74) is 2.91. The molecule has 0 unspecified atom stereocenters. The smallest absolute Gasteiger partial charge is 0.224 e. The molecule has 0 atom stereocenters. The van der Waals surface area contributed by atoms with Crippen molar-refractivity contribution in [3.8, 4) is 34.8 Å². The quantitative estimate of drug-likeness (QED) is 0.778. The summed E-state index contributed by atoms with van der Waals surface area (Å²) in [5.74, 6) is 8.25. The van der Waals surface area contributed by atoms with Crippen LogP contribution in [0.25, 0.3) is 0 Å². The maximum Gasteiger partial charge on any atom is 0.224 e. The molecule has 27 heavy (non-hydrogen) atoms. The van der Waals surface area contributed by atoms with Crippen LogP contribution in [0.15, 0.2) is 24.3 Å². The summed E-state index contributed by atoms with van der Waals surface area (Å²) in [5, 5.41) is 0. The Bertz CT molecular complexity index is 955. The van der Waals surface area contributed by atoms with Gasteiger partial charge in [0.1, 0.15) is 5.75 Å². The highest BCUT2D eigenvalue weighted by Gasteiger charge is 2.26. The van der Waals surface area contributed by atoms with Crippen LogP contribution in [-0.4, -0.2) is 34.3 Å². The molecule has 2 aromatic rings. The molecule has 0 radical (unpaired) electrons. The molecular weight excluding hydrogens is 346 g/mol. The SMILES string of the molecule is COc1ccc2c(c1)CN(C(C)=O)c1cc(OC)c(OC)c(OC)c1C#C2. The molecule has 6 nitrogen and oxygen atoms in total. The topological polar surface area (TPSA) is 57.2 Å². The number of carbonyl (C=O) groups is 1. The van der Waals surface area contributed by atoms with Crippen LogP contribution in [0, 0.1) is 11.8 Å². The summed E-state index contributed by atoms with van der Waals surface area (Å²) in [6, 6.07) is 7.37. The molecule has 0 spiro atoms. The number of hydrogen-bond donors (Lipinski definition) is 0. The van der Waals surface area contributed by atoms with Gasteiger partial charge in [-0.25, -0.2) is 0 Å². The summed E-state index contributed by atoms with van der Waals surface area (Å²) in [6.07, 6.45) is 0. The normalized spacial score (nSPS) is 11.8. The molecule has 6 heteroatoms. The largest absolute Gasteiger partial charge is 0.497 e. The standard InChI is InChI=1S/C21H21NO5/c1-13(23)22-12-15-10-16(24-2)8-6-14(15)7-9-17-18(22)11-19(25-3)21(27-5)20(17)26-4/h6,8,10-11H,12H2,1-5H3. The first-order valence-electron chi connectivity index (χ1n) is 8.34. The lowest BCUT2D eigenvalue weighted by atomic mass is 10.0. The van der Waals surface area contributed by atoms with Gasteiger partial charge in [0, 0.05) is 18.6 Å². The number of fused-ring (bicyclic) bond motifs is 2. The lowest BCUT2D eigenvalue weighted by Crippen LogP contribution is -2.29. The van der Waals surface area contributed by atoms with E-state index in [4.69, 9.17) is 18.9 Å². The molecule has 1 heterocycles.